The molecule has 2 saturated heterocycles. The summed E-state index contributed by atoms with van der Waals surface area (Å²) in [6.07, 6.45) is 0. The lowest BCUT2D eigenvalue weighted by atomic mass is 10.0. The number of likely N-dealkylation sites (N-methyl/N-ethyl adjacent to an activating group) is 1. The third kappa shape index (κ3) is 1.05. The highest BCUT2D eigenvalue weighted by atomic mass is 32.2. The van der Waals surface area contributed by atoms with Gasteiger partial charge >= 0.3 is 0 Å². The van der Waals surface area contributed by atoms with Crippen LogP contribution in [-0.2, 0) is 4.79 Å². The van der Waals surface area contributed by atoms with E-state index >= 15 is 0 Å². The number of carbonyl (C=O) groups is 1. The van der Waals surface area contributed by atoms with Crippen molar-refractivity contribution in [1.29, 1.82) is 0 Å². The molecule has 2 fully saturated rings. The predicted molar refractivity (Wildman–Crippen MR) is 50.0 cm³/mol. The fraction of sp³-hybridized carbons (Fsp3) is 0.875. The summed E-state index contributed by atoms with van der Waals surface area (Å²) in [7, 11) is 1.86. The van der Waals surface area contributed by atoms with Crippen molar-refractivity contribution in [2.45, 2.75) is 18.3 Å². The van der Waals surface area contributed by atoms with Crippen molar-refractivity contribution in [3.63, 3.8) is 0 Å². The number of amides is 1. The topological polar surface area (TPSA) is 32.3 Å². The lowest BCUT2D eigenvalue weighted by molar-refractivity contribution is -0.146. The van der Waals surface area contributed by atoms with E-state index in [1.54, 1.807) is 0 Å². The van der Waals surface area contributed by atoms with Gasteiger partial charge in [-0.25, -0.2) is 0 Å². The summed E-state index contributed by atoms with van der Waals surface area (Å²) < 4.78 is 0. The number of rotatable bonds is 1. The van der Waals surface area contributed by atoms with E-state index in [2.05, 4.69) is 12.2 Å². The molecule has 0 bridgehead atoms. The van der Waals surface area contributed by atoms with E-state index < -0.39 is 0 Å². The van der Waals surface area contributed by atoms with Crippen LogP contribution in [-0.4, -0.2) is 41.6 Å². The highest BCUT2D eigenvalue weighted by molar-refractivity contribution is 8.00. The molecule has 1 amide bonds. The summed E-state index contributed by atoms with van der Waals surface area (Å²) in [6, 6.07) is 0.0856. The second-order valence-electron chi connectivity index (χ2n) is 3.59. The van der Waals surface area contributed by atoms with E-state index in [4.69, 9.17) is 0 Å². The van der Waals surface area contributed by atoms with E-state index in [9.17, 15) is 4.79 Å². The summed E-state index contributed by atoms with van der Waals surface area (Å²) in [5, 5.41) is 3.47. The number of fused-ring (bicyclic) bond motifs is 1. The normalized spacial score (nSPS) is 40.7. The molecule has 0 aromatic carbocycles. The van der Waals surface area contributed by atoms with Gasteiger partial charge in [0.15, 0.2) is 0 Å². The van der Waals surface area contributed by atoms with Gasteiger partial charge < -0.3 is 10.2 Å². The third-order valence-corrected chi connectivity index (χ3v) is 4.14. The van der Waals surface area contributed by atoms with Crippen molar-refractivity contribution in [3.8, 4) is 0 Å². The molecule has 0 aliphatic carbocycles. The van der Waals surface area contributed by atoms with E-state index in [0.717, 1.165) is 6.54 Å². The Bertz CT molecular complexity index is 209. The molecule has 12 heavy (non-hydrogen) atoms. The first kappa shape index (κ1) is 8.38. The molecule has 0 aromatic rings. The molecule has 0 spiro atoms. The Labute approximate surface area is 76.9 Å². The number of hydrogen-bond donors (Lipinski definition) is 1. The fourth-order valence-electron chi connectivity index (χ4n) is 1.82. The molecule has 2 rings (SSSR count). The maximum atomic E-state index is 11.4. The highest BCUT2D eigenvalue weighted by Crippen LogP contribution is 2.35. The number of β-lactam (4-membered cyclic amide) rings is 1. The quantitative estimate of drug-likeness (QED) is 0.591. The minimum atomic E-state index is 0.0856. The molecule has 3 nitrogen and oxygen atoms in total. The van der Waals surface area contributed by atoms with Crippen LogP contribution in [0.25, 0.3) is 0 Å². The van der Waals surface area contributed by atoms with Gasteiger partial charge in [-0.1, -0.05) is 6.92 Å². The maximum absolute atomic E-state index is 11.4. The lowest BCUT2D eigenvalue weighted by Gasteiger charge is -2.50. The minimum absolute atomic E-state index is 0.0856. The maximum Gasteiger partial charge on any atom is 0.243 e. The van der Waals surface area contributed by atoms with Gasteiger partial charge in [0.1, 0.15) is 11.4 Å². The average molecular weight is 186 g/mol. The van der Waals surface area contributed by atoms with Gasteiger partial charge in [0.25, 0.3) is 0 Å². The van der Waals surface area contributed by atoms with Crippen LogP contribution >= 0.6 is 11.8 Å². The van der Waals surface area contributed by atoms with Gasteiger partial charge in [-0.05, 0) is 18.7 Å². The number of nitrogens with zero attached hydrogens (tertiary/aromatic N) is 1. The first-order valence-corrected chi connectivity index (χ1v) is 5.38. The molecule has 3 unspecified atom stereocenters. The molecule has 3 atom stereocenters. The van der Waals surface area contributed by atoms with Crippen molar-refractivity contribution in [3.05, 3.63) is 0 Å². The van der Waals surface area contributed by atoms with Gasteiger partial charge in [0.05, 0.1) is 0 Å². The molecule has 1 N–H and O–H groups in total. The first-order chi connectivity index (χ1) is 5.74. The Kier molecular flexibility index (Phi) is 2.04. The fourth-order valence-corrected chi connectivity index (χ4v) is 3.27. The van der Waals surface area contributed by atoms with Crippen LogP contribution in [0.5, 0.6) is 0 Å². The Morgan fingerprint density at radius 1 is 1.67 bits per heavy atom. The number of hydrogen-bond acceptors (Lipinski definition) is 3. The molecular formula is C8H14N2OS. The summed E-state index contributed by atoms with van der Waals surface area (Å²) in [5.74, 6) is 2.13. The van der Waals surface area contributed by atoms with Crippen LogP contribution in [0.3, 0.4) is 0 Å². The number of thioether (sulfide) groups is 1. The molecular weight excluding hydrogens is 172 g/mol. The van der Waals surface area contributed by atoms with Crippen molar-refractivity contribution >= 4 is 17.7 Å². The standard InChI is InChI=1S/C8H14N2OS/c1-5-3-10-7(11)6(9-2)8(10)12-4-5/h5-6,8-9H,3-4H2,1-2H3. The zero-order valence-corrected chi connectivity index (χ0v) is 8.23. The molecule has 2 aliphatic rings. The van der Waals surface area contributed by atoms with Crippen molar-refractivity contribution in [2.24, 2.45) is 5.92 Å². The van der Waals surface area contributed by atoms with E-state index in [0.29, 0.717) is 11.3 Å². The van der Waals surface area contributed by atoms with Crippen molar-refractivity contribution in [2.75, 3.05) is 19.3 Å². The summed E-state index contributed by atoms with van der Waals surface area (Å²) >= 11 is 1.90. The van der Waals surface area contributed by atoms with Gasteiger partial charge in [0.2, 0.25) is 5.91 Å². The van der Waals surface area contributed by atoms with Crippen molar-refractivity contribution in [1.82, 2.24) is 10.2 Å². The first-order valence-electron chi connectivity index (χ1n) is 4.33. The Morgan fingerprint density at radius 2 is 2.42 bits per heavy atom. The monoisotopic (exact) mass is 186 g/mol. The highest BCUT2D eigenvalue weighted by Gasteiger charge is 2.48. The average Bonchev–Trinajstić information content (AvgIpc) is 2.07. The van der Waals surface area contributed by atoms with Crippen LogP contribution in [0, 0.1) is 5.92 Å². The van der Waals surface area contributed by atoms with Crippen LogP contribution in [0.2, 0.25) is 0 Å². The van der Waals surface area contributed by atoms with Crippen LogP contribution in [0.4, 0.5) is 0 Å². The molecule has 2 aliphatic heterocycles. The van der Waals surface area contributed by atoms with Gasteiger partial charge in [-0.15, -0.1) is 11.8 Å². The Hall–Kier alpha value is -0.220. The van der Waals surface area contributed by atoms with E-state index in [-0.39, 0.29) is 11.9 Å². The smallest absolute Gasteiger partial charge is 0.243 e. The second kappa shape index (κ2) is 2.92. The third-order valence-electron chi connectivity index (χ3n) is 2.51. The minimum Gasteiger partial charge on any atom is -0.327 e. The summed E-state index contributed by atoms with van der Waals surface area (Å²) in [5.41, 5.74) is 0. The largest absolute Gasteiger partial charge is 0.327 e. The molecule has 68 valence electrons. The van der Waals surface area contributed by atoms with Crippen LogP contribution in [0.15, 0.2) is 0 Å². The molecule has 4 heteroatoms. The lowest BCUT2D eigenvalue weighted by Crippen LogP contribution is -2.70. The van der Waals surface area contributed by atoms with E-state index in [1.807, 2.05) is 23.7 Å². The molecule has 0 aromatic heterocycles. The second-order valence-corrected chi connectivity index (χ2v) is 4.74. The van der Waals surface area contributed by atoms with Crippen LogP contribution < -0.4 is 5.32 Å². The Balaban J connectivity index is 2.02. The zero-order valence-electron chi connectivity index (χ0n) is 7.41. The molecule has 0 saturated carbocycles. The number of nitrogens with one attached hydrogen (secondary N) is 1. The predicted octanol–water partition coefficient (Wildman–Crippen LogP) is 0.126. The summed E-state index contributed by atoms with van der Waals surface area (Å²) in [6.45, 7) is 3.15. The SMILES string of the molecule is CNC1C(=O)N2CC(C)CSC12. The summed E-state index contributed by atoms with van der Waals surface area (Å²) in [4.78, 5) is 13.4. The molecule has 2 heterocycles. The van der Waals surface area contributed by atoms with Crippen molar-refractivity contribution < 1.29 is 4.79 Å². The van der Waals surface area contributed by atoms with Gasteiger partial charge in [0, 0.05) is 6.54 Å². The van der Waals surface area contributed by atoms with Crippen LogP contribution in [0.1, 0.15) is 6.92 Å². The Morgan fingerprint density at radius 3 is 3.08 bits per heavy atom. The number of carbonyl (C=O) groups excluding carboxylic acids is 1. The molecule has 0 radical (unpaired) electrons. The van der Waals surface area contributed by atoms with Gasteiger partial charge in [-0.2, -0.15) is 0 Å². The zero-order chi connectivity index (χ0) is 8.72. The van der Waals surface area contributed by atoms with E-state index in [1.165, 1.54) is 5.75 Å². The van der Waals surface area contributed by atoms with Gasteiger partial charge in [-0.3, -0.25) is 4.79 Å².